The minimum absolute atomic E-state index is 0.0287. The van der Waals surface area contributed by atoms with Crippen molar-refractivity contribution in [2.24, 2.45) is 0 Å². The number of hydrogen-bond acceptors (Lipinski definition) is 5. The fourth-order valence-corrected chi connectivity index (χ4v) is 5.30. The highest BCUT2D eigenvalue weighted by atomic mass is 32.2. The monoisotopic (exact) mass is 431 g/mol. The fourth-order valence-electron chi connectivity index (χ4n) is 3.88. The minimum atomic E-state index is -3.60. The summed E-state index contributed by atoms with van der Waals surface area (Å²) in [6.07, 6.45) is 0.0287. The molecular formula is C21H22FN3O4S. The number of amides is 2. The minimum Gasteiger partial charge on any atom is -0.289 e. The number of carbonyl (C=O) groups is 2. The van der Waals surface area contributed by atoms with Crippen LogP contribution < -0.4 is 4.90 Å². The van der Waals surface area contributed by atoms with Gasteiger partial charge in [0.15, 0.2) is 0 Å². The first-order chi connectivity index (χ1) is 14.3. The van der Waals surface area contributed by atoms with Crippen LogP contribution in [0.15, 0.2) is 53.4 Å². The van der Waals surface area contributed by atoms with Gasteiger partial charge in [-0.3, -0.25) is 14.5 Å². The highest BCUT2D eigenvalue weighted by molar-refractivity contribution is 7.89. The van der Waals surface area contributed by atoms with Gasteiger partial charge < -0.3 is 0 Å². The molecule has 0 spiro atoms. The quantitative estimate of drug-likeness (QED) is 0.690. The van der Waals surface area contributed by atoms with Crippen molar-refractivity contribution in [1.29, 1.82) is 0 Å². The molecule has 2 aromatic rings. The van der Waals surface area contributed by atoms with Crippen LogP contribution in [-0.4, -0.2) is 61.7 Å². The van der Waals surface area contributed by atoms with Crippen LogP contribution in [0.3, 0.4) is 0 Å². The molecule has 0 saturated carbocycles. The van der Waals surface area contributed by atoms with Crippen LogP contribution in [0, 0.1) is 12.7 Å². The Labute approximate surface area is 174 Å². The molecule has 0 N–H and O–H groups in total. The van der Waals surface area contributed by atoms with Gasteiger partial charge in [0.05, 0.1) is 23.0 Å². The first kappa shape index (κ1) is 20.6. The molecule has 9 heteroatoms. The molecule has 2 aromatic carbocycles. The van der Waals surface area contributed by atoms with Crippen LogP contribution in [0.1, 0.15) is 12.0 Å². The van der Waals surface area contributed by atoms with Gasteiger partial charge in [0.2, 0.25) is 15.9 Å². The highest BCUT2D eigenvalue weighted by Crippen LogP contribution is 2.27. The van der Waals surface area contributed by atoms with Crippen LogP contribution in [-0.2, 0) is 19.6 Å². The molecule has 30 heavy (non-hydrogen) atoms. The van der Waals surface area contributed by atoms with Gasteiger partial charge in [-0.05, 0) is 43.3 Å². The van der Waals surface area contributed by atoms with Crippen molar-refractivity contribution in [2.75, 3.05) is 31.1 Å². The summed E-state index contributed by atoms with van der Waals surface area (Å²) in [5.41, 5.74) is 1.32. The van der Waals surface area contributed by atoms with E-state index in [2.05, 4.69) is 0 Å². The fraction of sp³-hybridized carbons (Fsp3) is 0.333. The van der Waals surface area contributed by atoms with Gasteiger partial charge in [-0.15, -0.1) is 0 Å². The summed E-state index contributed by atoms with van der Waals surface area (Å²) in [5.74, 6) is -1.15. The van der Waals surface area contributed by atoms with Gasteiger partial charge in [-0.1, -0.05) is 17.7 Å². The first-order valence-electron chi connectivity index (χ1n) is 9.70. The van der Waals surface area contributed by atoms with Crippen LogP contribution in [0.4, 0.5) is 10.1 Å². The summed E-state index contributed by atoms with van der Waals surface area (Å²) in [4.78, 5) is 28.5. The van der Waals surface area contributed by atoms with Crippen LogP contribution in [0.25, 0.3) is 0 Å². The molecule has 0 radical (unpaired) electrons. The van der Waals surface area contributed by atoms with Crippen molar-refractivity contribution in [3.63, 3.8) is 0 Å². The van der Waals surface area contributed by atoms with Gasteiger partial charge in [0.25, 0.3) is 5.91 Å². The Morgan fingerprint density at radius 3 is 2.10 bits per heavy atom. The Morgan fingerprint density at radius 2 is 1.50 bits per heavy atom. The van der Waals surface area contributed by atoms with Crippen molar-refractivity contribution in [1.82, 2.24) is 9.21 Å². The molecule has 2 aliphatic rings. The third-order valence-corrected chi connectivity index (χ3v) is 7.49. The van der Waals surface area contributed by atoms with E-state index in [0.717, 1.165) is 10.5 Å². The Balaban J connectivity index is 1.44. The van der Waals surface area contributed by atoms with Crippen molar-refractivity contribution in [2.45, 2.75) is 24.3 Å². The van der Waals surface area contributed by atoms with E-state index in [1.807, 2.05) is 11.8 Å². The van der Waals surface area contributed by atoms with Gasteiger partial charge in [0, 0.05) is 26.2 Å². The van der Waals surface area contributed by atoms with E-state index in [4.69, 9.17) is 0 Å². The third kappa shape index (κ3) is 3.76. The average molecular weight is 431 g/mol. The van der Waals surface area contributed by atoms with E-state index in [-0.39, 0.29) is 36.2 Å². The van der Waals surface area contributed by atoms with Crippen molar-refractivity contribution in [3.05, 3.63) is 59.9 Å². The van der Waals surface area contributed by atoms with E-state index in [9.17, 15) is 22.4 Å². The maximum absolute atomic E-state index is 13.2. The molecule has 2 amide bonds. The lowest BCUT2D eigenvalue weighted by Gasteiger charge is -2.36. The molecule has 1 unspecified atom stereocenters. The molecule has 1 atom stereocenters. The van der Waals surface area contributed by atoms with Crippen molar-refractivity contribution < 1.29 is 22.4 Å². The van der Waals surface area contributed by atoms with Gasteiger partial charge in [0.1, 0.15) is 5.82 Å². The maximum atomic E-state index is 13.2. The number of piperazine rings is 1. The number of anilines is 1. The van der Waals surface area contributed by atoms with Gasteiger partial charge >= 0.3 is 0 Å². The van der Waals surface area contributed by atoms with E-state index >= 15 is 0 Å². The largest absolute Gasteiger partial charge is 0.289 e. The highest BCUT2D eigenvalue weighted by Gasteiger charge is 2.44. The number of nitrogens with zero attached hydrogens (tertiary/aromatic N) is 3. The lowest BCUT2D eigenvalue weighted by molar-refractivity contribution is -0.123. The molecule has 2 fully saturated rings. The van der Waals surface area contributed by atoms with Crippen molar-refractivity contribution in [3.8, 4) is 0 Å². The Morgan fingerprint density at radius 1 is 0.900 bits per heavy atom. The summed E-state index contributed by atoms with van der Waals surface area (Å²) in [5, 5.41) is 0. The number of hydrogen-bond donors (Lipinski definition) is 0. The number of sulfonamides is 1. The van der Waals surface area contributed by atoms with E-state index in [1.54, 1.807) is 24.3 Å². The Kier molecular flexibility index (Phi) is 5.44. The molecule has 2 heterocycles. The van der Waals surface area contributed by atoms with E-state index in [1.165, 1.54) is 28.6 Å². The smallest absolute Gasteiger partial charge is 0.251 e. The molecule has 0 aliphatic carbocycles. The van der Waals surface area contributed by atoms with Crippen LogP contribution in [0.2, 0.25) is 0 Å². The van der Waals surface area contributed by atoms with Crippen LogP contribution in [0.5, 0.6) is 0 Å². The van der Waals surface area contributed by atoms with E-state index in [0.29, 0.717) is 18.8 Å². The Hall–Kier alpha value is -2.62. The summed E-state index contributed by atoms with van der Waals surface area (Å²) in [7, 11) is -3.60. The molecule has 7 nitrogen and oxygen atoms in total. The second-order valence-corrected chi connectivity index (χ2v) is 9.45. The van der Waals surface area contributed by atoms with Crippen LogP contribution >= 0.6 is 0 Å². The zero-order chi connectivity index (χ0) is 21.5. The predicted octanol–water partition coefficient (Wildman–Crippen LogP) is 1.77. The summed E-state index contributed by atoms with van der Waals surface area (Å²) < 4.78 is 40.3. The molecule has 4 rings (SSSR count). The zero-order valence-corrected chi connectivity index (χ0v) is 17.3. The Bertz CT molecular complexity index is 1060. The lowest BCUT2D eigenvalue weighted by Crippen LogP contribution is -2.53. The number of rotatable bonds is 4. The lowest BCUT2D eigenvalue weighted by atomic mass is 10.2. The normalized spacial score (nSPS) is 21.4. The number of aryl methyl sites for hydroxylation is 1. The standard InChI is InChI=1S/C21H22FN3O4S/c1-15-2-8-18(9-3-15)30(28,29)24-12-10-23(11-13-24)19-14-20(26)25(21(19)27)17-6-4-16(22)5-7-17/h2-9,19H,10-14H2,1H3. The second-order valence-electron chi connectivity index (χ2n) is 7.52. The molecule has 0 bridgehead atoms. The van der Waals surface area contributed by atoms with Gasteiger partial charge in [-0.25, -0.2) is 17.7 Å². The van der Waals surface area contributed by atoms with Crippen molar-refractivity contribution >= 4 is 27.5 Å². The summed E-state index contributed by atoms with van der Waals surface area (Å²) in [6, 6.07) is 11.3. The second kappa shape index (κ2) is 7.90. The number of benzene rings is 2. The van der Waals surface area contributed by atoms with E-state index < -0.39 is 21.9 Å². The first-order valence-corrected chi connectivity index (χ1v) is 11.1. The number of halogens is 1. The zero-order valence-electron chi connectivity index (χ0n) is 16.5. The maximum Gasteiger partial charge on any atom is 0.251 e. The number of carbonyl (C=O) groups excluding carboxylic acids is 2. The van der Waals surface area contributed by atoms with Gasteiger partial charge in [-0.2, -0.15) is 4.31 Å². The molecule has 0 aromatic heterocycles. The molecular weight excluding hydrogens is 409 g/mol. The topological polar surface area (TPSA) is 78.0 Å². The third-order valence-electron chi connectivity index (χ3n) is 5.58. The average Bonchev–Trinajstić information content (AvgIpc) is 3.03. The SMILES string of the molecule is Cc1ccc(S(=O)(=O)N2CCN(C3CC(=O)N(c4ccc(F)cc4)C3=O)CC2)cc1. The molecule has 2 aliphatic heterocycles. The number of imide groups is 1. The molecule has 158 valence electrons. The summed E-state index contributed by atoms with van der Waals surface area (Å²) >= 11 is 0. The predicted molar refractivity (Wildman–Crippen MR) is 109 cm³/mol. The molecule has 2 saturated heterocycles. The summed E-state index contributed by atoms with van der Waals surface area (Å²) in [6.45, 7) is 3.08.